The highest BCUT2D eigenvalue weighted by Crippen LogP contribution is 2.38. The molecule has 0 fully saturated rings. The number of hydrogen-bond acceptors (Lipinski definition) is 1. The van der Waals surface area contributed by atoms with Gasteiger partial charge in [-0.25, -0.2) is 0 Å². The quantitative estimate of drug-likeness (QED) is 0.162. The van der Waals surface area contributed by atoms with Gasteiger partial charge in [0.1, 0.15) is 22.4 Å². The van der Waals surface area contributed by atoms with Crippen molar-refractivity contribution >= 4 is 108 Å². The van der Waals surface area contributed by atoms with Crippen LogP contribution < -0.4 is 33.0 Å². The van der Waals surface area contributed by atoms with E-state index in [-0.39, 0.29) is 18.8 Å². The third-order valence-electron chi connectivity index (χ3n) is 14.2. The largest absolute Gasteiger partial charge is 0.465 e. The first-order chi connectivity index (χ1) is 29.6. The van der Waals surface area contributed by atoms with Crippen molar-refractivity contribution in [3.8, 4) is 5.69 Å². The average molecular weight is 787 g/mol. The van der Waals surface area contributed by atoms with E-state index in [4.69, 9.17) is 4.42 Å². The lowest BCUT2D eigenvalue weighted by atomic mass is 9.33. The van der Waals surface area contributed by atoms with Crippen LogP contribution in [0.15, 0.2) is 138 Å². The lowest BCUT2D eigenvalue weighted by Crippen LogP contribution is -2.64. The molecule has 11 aromatic rings. The summed E-state index contributed by atoms with van der Waals surface area (Å²) in [6, 6.07) is 49.9. The Hall–Kier alpha value is -6.85. The minimum Gasteiger partial charge on any atom is -0.465 e. The number of benzene rings is 7. The Morgan fingerprint density at radius 3 is 1.84 bits per heavy atom. The van der Waals surface area contributed by atoms with E-state index >= 15 is 0 Å². The molecule has 0 N–H and O–H groups in total. The van der Waals surface area contributed by atoms with E-state index in [2.05, 4.69) is 206 Å². The molecule has 292 valence electrons. The van der Waals surface area contributed by atoms with Crippen molar-refractivity contribution in [2.24, 2.45) is 0 Å². The smallest absolute Gasteiger partial charge is 0.295 e. The van der Waals surface area contributed by atoms with Crippen molar-refractivity contribution < 1.29 is 4.42 Å². The molecule has 0 amide bonds. The van der Waals surface area contributed by atoms with Crippen molar-refractivity contribution in [2.75, 3.05) is 0 Å². The molecule has 0 bridgehead atoms. The Morgan fingerprint density at radius 1 is 0.541 bits per heavy atom. The molecular weight excluding hydrogens is 742 g/mol. The van der Waals surface area contributed by atoms with Gasteiger partial charge in [0.15, 0.2) is 5.65 Å². The van der Waals surface area contributed by atoms with Gasteiger partial charge in [0.2, 0.25) is 6.71 Å². The highest BCUT2D eigenvalue weighted by atomic mass is 16.3. The second-order valence-electron chi connectivity index (χ2n) is 18.7. The average Bonchev–Trinajstić information content (AvgIpc) is 3.51. The Kier molecular flexibility index (Phi) is 6.83. The zero-order chi connectivity index (χ0) is 41.2. The van der Waals surface area contributed by atoms with Crippen LogP contribution in [0.25, 0.3) is 72.3 Å². The normalized spacial score (nSPS) is 13.6. The zero-order valence-corrected chi connectivity index (χ0v) is 35.6. The number of fused-ring (bicyclic) bond motifs is 9. The van der Waals surface area contributed by atoms with Gasteiger partial charge >= 0.3 is 0 Å². The summed E-state index contributed by atoms with van der Waals surface area (Å²) in [5.74, 6) is 2.58. The molecule has 5 nitrogen and oxygen atoms in total. The third-order valence-corrected chi connectivity index (χ3v) is 14.2. The first kappa shape index (κ1) is 35.0. The maximum Gasteiger partial charge on any atom is 0.295 e. The Balaban J connectivity index is 1.44. The van der Waals surface area contributed by atoms with Crippen LogP contribution in [-0.4, -0.2) is 31.2 Å². The van der Waals surface area contributed by atoms with Crippen LogP contribution in [0.3, 0.4) is 0 Å². The van der Waals surface area contributed by atoms with Gasteiger partial charge in [0.05, 0.1) is 27.6 Å². The SMILES string of the molecule is Cc1cccc(C)c1B1C=c2n3c4c(oc5ccccc5n4c4c5ccccc5n5c6cccc7cccc(c76)n2c45)B(c2c(C)cccc2C)c2cc(C(C)(C)C)cc1c2-3. The topological polar surface area (TPSA) is 31.3 Å². The first-order valence-electron chi connectivity index (χ1n) is 21.7. The number of aryl methyl sites for hydroxylation is 4. The molecule has 13 rings (SSSR count). The fourth-order valence-electron chi connectivity index (χ4n) is 11.6. The standard InChI is InChI=1S/C54H44B2N4O/c1-31-16-12-17-32(2)47(31)55-30-45-58-43-26-15-21-35-20-14-25-42(46(35)43)57-40-23-9-8-22-37(40)49(52(57)58)59-41-24-10-11-27-44(41)61-51-53(59)60(45)50-38(55)28-36(54(5,6)7)29-39(50)56(51)48-33(3)18-13-19-34(48)4/h8-30H,1-7H3. The van der Waals surface area contributed by atoms with E-state index in [1.165, 1.54) is 88.1 Å². The van der Waals surface area contributed by atoms with Crippen molar-refractivity contribution in [3.05, 3.63) is 167 Å². The summed E-state index contributed by atoms with van der Waals surface area (Å²) < 4.78 is 17.8. The molecule has 0 aliphatic carbocycles. The molecule has 2 aliphatic rings. The van der Waals surface area contributed by atoms with Crippen molar-refractivity contribution in [3.63, 3.8) is 0 Å². The monoisotopic (exact) mass is 786 g/mol. The second kappa shape index (κ2) is 11.9. The summed E-state index contributed by atoms with van der Waals surface area (Å²) >= 11 is 0. The minimum atomic E-state index is -0.175. The first-order valence-corrected chi connectivity index (χ1v) is 21.7. The maximum atomic E-state index is 7.53. The molecule has 7 aromatic carbocycles. The lowest BCUT2D eigenvalue weighted by Gasteiger charge is -2.36. The lowest BCUT2D eigenvalue weighted by molar-refractivity contribution is 0.591. The van der Waals surface area contributed by atoms with E-state index < -0.39 is 0 Å². The summed E-state index contributed by atoms with van der Waals surface area (Å²) in [5, 5.41) is 3.67. The Morgan fingerprint density at radius 2 is 1.13 bits per heavy atom. The van der Waals surface area contributed by atoms with Crippen LogP contribution in [0.5, 0.6) is 0 Å². The number of nitrogens with zero attached hydrogens (tertiary/aromatic N) is 4. The molecule has 61 heavy (non-hydrogen) atoms. The van der Waals surface area contributed by atoms with Gasteiger partial charge in [-0.3, -0.25) is 17.8 Å². The second-order valence-corrected chi connectivity index (χ2v) is 18.7. The van der Waals surface area contributed by atoms with Crippen molar-refractivity contribution in [1.29, 1.82) is 0 Å². The highest BCUT2D eigenvalue weighted by molar-refractivity contribution is 7.00. The van der Waals surface area contributed by atoms with Gasteiger partial charge in [0.25, 0.3) is 6.71 Å². The Bertz CT molecular complexity index is 3830. The highest BCUT2D eigenvalue weighted by Gasteiger charge is 2.43. The van der Waals surface area contributed by atoms with Crippen LogP contribution in [0.4, 0.5) is 0 Å². The summed E-state index contributed by atoms with van der Waals surface area (Å²) in [7, 11) is 0. The van der Waals surface area contributed by atoms with Crippen LogP contribution in [0.2, 0.25) is 0 Å². The van der Waals surface area contributed by atoms with E-state index in [9.17, 15) is 0 Å². The van der Waals surface area contributed by atoms with Crippen LogP contribution in [0, 0.1) is 27.7 Å². The fraction of sp³-hybridized carbons (Fsp3) is 0.148. The van der Waals surface area contributed by atoms with E-state index in [0.717, 1.165) is 39.0 Å². The van der Waals surface area contributed by atoms with Gasteiger partial charge in [-0.2, -0.15) is 0 Å². The number of aromatic nitrogens is 4. The van der Waals surface area contributed by atoms with Crippen LogP contribution in [0.1, 0.15) is 48.6 Å². The predicted octanol–water partition coefficient (Wildman–Crippen LogP) is 8.59. The molecule has 0 saturated carbocycles. The van der Waals surface area contributed by atoms with Crippen molar-refractivity contribution in [1.82, 2.24) is 17.8 Å². The van der Waals surface area contributed by atoms with Gasteiger partial charge in [-0.15, -0.1) is 0 Å². The molecule has 0 radical (unpaired) electrons. The third kappa shape index (κ3) is 4.43. The van der Waals surface area contributed by atoms with Gasteiger partial charge in [0, 0.05) is 16.5 Å². The summed E-state index contributed by atoms with van der Waals surface area (Å²) in [6.07, 6.45) is 0. The van der Waals surface area contributed by atoms with Gasteiger partial charge in [-0.05, 0) is 85.3 Å². The molecule has 6 heterocycles. The molecule has 2 aliphatic heterocycles. The predicted molar refractivity (Wildman–Crippen MR) is 258 cm³/mol. The van der Waals surface area contributed by atoms with E-state index in [1.807, 2.05) is 0 Å². The van der Waals surface area contributed by atoms with Gasteiger partial charge in [-0.1, -0.05) is 163 Å². The molecule has 0 saturated heterocycles. The van der Waals surface area contributed by atoms with Gasteiger partial charge < -0.3 is 4.42 Å². The molecule has 7 heteroatoms. The van der Waals surface area contributed by atoms with Crippen molar-refractivity contribution in [2.45, 2.75) is 53.9 Å². The summed E-state index contributed by atoms with van der Waals surface area (Å²) in [4.78, 5) is 0. The van der Waals surface area contributed by atoms with E-state index in [1.54, 1.807) is 0 Å². The van der Waals surface area contributed by atoms with Crippen LogP contribution in [-0.2, 0) is 5.41 Å². The molecular formula is C54H44B2N4O. The minimum absolute atomic E-state index is 0.0229. The Labute approximate surface area is 354 Å². The molecule has 4 aromatic heterocycles. The maximum absolute atomic E-state index is 7.53. The summed E-state index contributed by atoms with van der Waals surface area (Å²) in [6.45, 7) is 16.0. The number of rotatable bonds is 2. The fourth-order valence-corrected chi connectivity index (χ4v) is 11.6. The number of hydrogen-bond donors (Lipinski definition) is 0. The number of para-hydroxylation sites is 3. The molecule has 0 spiro atoms. The van der Waals surface area contributed by atoms with Crippen LogP contribution >= 0.6 is 0 Å². The summed E-state index contributed by atoms with van der Waals surface area (Å²) in [5.41, 5.74) is 23.8. The zero-order valence-electron chi connectivity index (χ0n) is 35.6. The molecule has 0 unspecified atom stereocenters. The van der Waals surface area contributed by atoms with E-state index in [0.29, 0.717) is 0 Å². The molecule has 0 atom stereocenters.